The largest absolute Gasteiger partial charge is 0.348 e. The Morgan fingerprint density at radius 1 is 1.19 bits per heavy atom. The van der Waals surface area contributed by atoms with E-state index in [9.17, 15) is 9.59 Å². The molecule has 1 N–H and O–H groups in total. The number of piperidine rings is 1. The van der Waals surface area contributed by atoms with E-state index in [4.69, 9.17) is 0 Å². The Kier molecular flexibility index (Phi) is 7.04. The van der Waals surface area contributed by atoms with Crippen molar-refractivity contribution < 1.29 is 9.59 Å². The summed E-state index contributed by atoms with van der Waals surface area (Å²) in [5.74, 6) is 0.811. The van der Waals surface area contributed by atoms with Crippen LogP contribution in [0.3, 0.4) is 0 Å². The summed E-state index contributed by atoms with van der Waals surface area (Å²) in [6, 6.07) is 15.5. The van der Waals surface area contributed by atoms with Crippen LogP contribution in [0.15, 0.2) is 58.8 Å². The van der Waals surface area contributed by atoms with Gasteiger partial charge in [0, 0.05) is 41.2 Å². The first-order valence-corrected chi connectivity index (χ1v) is 12.3. The Labute approximate surface area is 190 Å². The number of nitrogens with zero attached hydrogens (tertiary/aromatic N) is 2. The molecule has 1 aromatic heterocycles. The summed E-state index contributed by atoms with van der Waals surface area (Å²) in [5, 5.41) is 6.14. The van der Waals surface area contributed by atoms with E-state index in [2.05, 4.69) is 15.7 Å². The van der Waals surface area contributed by atoms with Gasteiger partial charge in [-0.05, 0) is 49.6 Å². The highest BCUT2D eigenvalue weighted by Crippen LogP contribution is 2.27. The van der Waals surface area contributed by atoms with Gasteiger partial charge in [0.1, 0.15) is 0 Å². The second-order valence-corrected chi connectivity index (χ2v) is 9.58. The predicted molar refractivity (Wildman–Crippen MR) is 127 cm³/mol. The molecule has 0 unspecified atom stereocenters. The van der Waals surface area contributed by atoms with E-state index < -0.39 is 0 Å². The molecule has 1 saturated heterocycles. The first-order chi connectivity index (χ1) is 15.1. The summed E-state index contributed by atoms with van der Waals surface area (Å²) < 4.78 is 0. The van der Waals surface area contributed by atoms with Crippen LogP contribution in [0.2, 0.25) is 0 Å². The van der Waals surface area contributed by atoms with Crippen LogP contribution in [0.1, 0.15) is 45.9 Å². The van der Waals surface area contributed by atoms with Crippen LogP contribution in [0, 0.1) is 6.92 Å². The number of carbonyl (C=O) groups excluding carboxylic acids is 2. The highest BCUT2D eigenvalue weighted by atomic mass is 32.2. The van der Waals surface area contributed by atoms with Crippen LogP contribution in [-0.2, 0) is 17.1 Å². The van der Waals surface area contributed by atoms with Crippen LogP contribution >= 0.6 is 23.1 Å². The maximum absolute atomic E-state index is 12.9. The van der Waals surface area contributed by atoms with E-state index in [1.54, 1.807) is 23.1 Å². The molecular weight excluding hydrogens is 426 g/mol. The quantitative estimate of drug-likeness (QED) is 0.502. The number of carbonyl (C=O) groups is 2. The second kappa shape index (κ2) is 10.1. The number of nitrogens with one attached hydrogen (secondary N) is 1. The minimum absolute atomic E-state index is 0.1000. The molecule has 0 radical (unpaired) electrons. The molecule has 0 atom stereocenters. The Morgan fingerprint density at radius 3 is 2.87 bits per heavy atom. The van der Waals surface area contributed by atoms with Crippen LogP contribution in [0.4, 0.5) is 5.69 Å². The van der Waals surface area contributed by atoms with Crippen LogP contribution in [0.25, 0.3) is 0 Å². The molecule has 0 saturated carbocycles. The molecule has 7 heteroatoms. The van der Waals surface area contributed by atoms with Crippen molar-refractivity contribution in [3.8, 4) is 0 Å². The molecule has 0 bridgehead atoms. The number of aryl methyl sites for hydroxylation is 1. The SMILES string of the molecule is Cc1nc(CSc2ccccc2C(=O)NCc2cccc(N3CCCCC3=O)c2)cs1. The molecule has 2 aromatic carbocycles. The van der Waals surface area contributed by atoms with E-state index in [0.717, 1.165) is 52.0 Å². The lowest BCUT2D eigenvalue weighted by Crippen LogP contribution is -2.35. The fourth-order valence-corrected chi connectivity index (χ4v) is 5.26. The summed E-state index contributed by atoms with van der Waals surface area (Å²) in [4.78, 5) is 32.4. The standard InChI is InChI=1S/C24H25N3O2S2/c1-17-26-19(15-30-17)16-31-22-10-3-2-9-21(22)24(29)25-14-18-7-6-8-20(13-18)27-12-5-4-11-23(27)28/h2-3,6-10,13,15H,4-5,11-12,14,16H2,1H3,(H,25,29). The fraction of sp³-hybridized carbons (Fsp3) is 0.292. The van der Waals surface area contributed by atoms with Crippen molar-refractivity contribution in [1.82, 2.24) is 10.3 Å². The van der Waals surface area contributed by atoms with Gasteiger partial charge in [-0.15, -0.1) is 23.1 Å². The summed E-state index contributed by atoms with van der Waals surface area (Å²) in [6.07, 6.45) is 2.60. The number of amides is 2. The third kappa shape index (κ3) is 5.54. The van der Waals surface area contributed by atoms with Gasteiger partial charge >= 0.3 is 0 Å². The highest BCUT2D eigenvalue weighted by Gasteiger charge is 2.19. The molecule has 2 amide bonds. The van der Waals surface area contributed by atoms with Crippen LogP contribution in [0.5, 0.6) is 0 Å². The van der Waals surface area contributed by atoms with Crippen LogP contribution < -0.4 is 10.2 Å². The van der Waals surface area contributed by atoms with E-state index in [0.29, 0.717) is 18.5 Å². The Morgan fingerprint density at radius 2 is 2.06 bits per heavy atom. The smallest absolute Gasteiger partial charge is 0.252 e. The molecule has 0 spiro atoms. The average Bonchev–Trinajstić information content (AvgIpc) is 3.22. The van der Waals surface area contributed by atoms with Crippen molar-refractivity contribution in [2.24, 2.45) is 0 Å². The molecule has 31 heavy (non-hydrogen) atoms. The van der Waals surface area contributed by atoms with Gasteiger partial charge in [0.05, 0.1) is 16.3 Å². The van der Waals surface area contributed by atoms with E-state index in [1.165, 1.54) is 0 Å². The molecule has 1 aliphatic rings. The number of hydrogen-bond donors (Lipinski definition) is 1. The fourth-order valence-electron chi connectivity index (χ4n) is 3.60. The molecule has 160 valence electrons. The third-order valence-electron chi connectivity index (χ3n) is 5.17. The van der Waals surface area contributed by atoms with E-state index >= 15 is 0 Å². The molecular formula is C24H25N3O2S2. The van der Waals surface area contributed by atoms with Crippen molar-refractivity contribution in [2.75, 3.05) is 11.4 Å². The van der Waals surface area contributed by atoms with Crippen molar-refractivity contribution in [3.63, 3.8) is 0 Å². The topological polar surface area (TPSA) is 62.3 Å². The lowest BCUT2D eigenvalue weighted by atomic mass is 10.1. The first kappa shape index (κ1) is 21.6. The number of benzene rings is 2. The monoisotopic (exact) mass is 451 g/mol. The molecule has 1 aliphatic heterocycles. The van der Waals surface area contributed by atoms with E-state index in [-0.39, 0.29) is 11.8 Å². The Hall–Kier alpha value is -2.64. The maximum atomic E-state index is 12.9. The van der Waals surface area contributed by atoms with Gasteiger partial charge in [-0.25, -0.2) is 4.98 Å². The highest BCUT2D eigenvalue weighted by molar-refractivity contribution is 7.98. The Balaban J connectivity index is 1.40. The number of rotatable bonds is 7. The number of thioether (sulfide) groups is 1. The Bertz CT molecular complexity index is 1080. The second-order valence-electron chi connectivity index (χ2n) is 7.50. The predicted octanol–water partition coefficient (Wildman–Crippen LogP) is 5.19. The zero-order valence-electron chi connectivity index (χ0n) is 17.5. The summed E-state index contributed by atoms with van der Waals surface area (Å²) >= 11 is 3.26. The molecule has 0 aliphatic carbocycles. The minimum atomic E-state index is -0.1000. The van der Waals surface area contributed by atoms with E-state index in [1.807, 2.05) is 60.4 Å². The molecule has 2 heterocycles. The summed E-state index contributed by atoms with van der Waals surface area (Å²) in [6.45, 7) is 3.17. The average molecular weight is 452 g/mol. The van der Waals surface area contributed by atoms with Crippen LogP contribution in [-0.4, -0.2) is 23.3 Å². The molecule has 5 nitrogen and oxygen atoms in total. The van der Waals surface area contributed by atoms with Gasteiger partial charge < -0.3 is 10.2 Å². The zero-order valence-corrected chi connectivity index (χ0v) is 19.1. The minimum Gasteiger partial charge on any atom is -0.348 e. The van der Waals surface area contributed by atoms with Gasteiger partial charge in [0.2, 0.25) is 5.91 Å². The normalized spacial score (nSPS) is 14.0. The van der Waals surface area contributed by atoms with Crippen molar-refractivity contribution in [3.05, 3.63) is 75.7 Å². The number of thiazole rings is 1. The van der Waals surface area contributed by atoms with Crippen molar-refractivity contribution >= 4 is 40.6 Å². The van der Waals surface area contributed by atoms with Gasteiger partial charge in [0.25, 0.3) is 5.91 Å². The third-order valence-corrected chi connectivity index (χ3v) is 7.10. The van der Waals surface area contributed by atoms with Gasteiger partial charge in [-0.3, -0.25) is 9.59 Å². The molecule has 3 aromatic rings. The molecule has 4 rings (SSSR count). The lowest BCUT2D eigenvalue weighted by molar-refractivity contribution is -0.119. The lowest BCUT2D eigenvalue weighted by Gasteiger charge is -2.27. The summed E-state index contributed by atoms with van der Waals surface area (Å²) in [5.41, 5.74) is 3.59. The van der Waals surface area contributed by atoms with Crippen molar-refractivity contribution in [1.29, 1.82) is 0 Å². The number of hydrogen-bond acceptors (Lipinski definition) is 5. The number of anilines is 1. The molecule has 1 fully saturated rings. The summed E-state index contributed by atoms with van der Waals surface area (Å²) in [7, 11) is 0. The van der Waals surface area contributed by atoms with Gasteiger partial charge in [0.15, 0.2) is 0 Å². The number of aromatic nitrogens is 1. The van der Waals surface area contributed by atoms with Crippen molar-refractivity contribution in [2.45, 2.75) is 43.4 Å². The maximum Gasteiger partial charge on any atom is 0.252 e. The van der Waals surface area contributed by atoms with Gasteiger partial charge in [-0.1, -0.05) is 24.3 Å². The zero-order chi connectivity index (χ0) is 21.6. The first-order valence-electron chi connectivity index (χ1n) is 10.4. The van der Waals surface area contributed by atoms with Gasteiger partial charge in [-0.2, -0.15) is 0 Å².